The number of para-hydroxylation sites is 1. The second-order valence-electron chi connectivity index (χ2n) is 6.70. The number of amides is 1. The fraction of sp³-hybridized carbons (Fsp3) is 0.250. The molecule has 7 heteroatoms. The minimum atomic E-state index is -0.116. The smallest absolute Gasteiger partial charge is 0.274 e. The molecule has 27 heavy (non-hydrogen) atoms. The molecule has 0 aliphatic heterocycles. The van der Waals surface area contributed by atoms with Crippen LogP contribution in [0.15, 0.2) is 48.0 Å². The van der Waals surface area contributed by atoms with E-state index in [4.69, 9.17) is 0 Å². The molecule has 0 saturated heterocycles. The number of nitrogens with zero attached hydrogens (tertiary/aromatic N) is 4. The molecule has 1 N–H and O–H groups in total. The van der Waals surface area contributed by atoms with Crippen LogP contribution in [-0.2, 0) is 6.54 Å². The van der Waals surface area contributed by atoms with E-state index in [0.29, 0.717) is 12.2 Å². The van der Waals surface area contributed by atoms with Gasteiger partial charge in [-0.2, -0.15) is 5.10 Å². The molecular weight excluding hydrogens is 358 g/mol. The summed E-state index contributed by atoms with van der Waals surface area (Å²) < 4.78 is 2.14. The molecule has 0 fully saturated rings. The number of thiazole rings is 1. The molecule has 0 bridgehead atoms. The summed E-state index contributed by atoms with van der Waals surface area (Å²) in [5, 5.41) is 11.4. The minimum Gasteiger partial charge on any atom is -0.341 e. The number of aromatic amines is 1. The van der Waals surface area contributed by atoms with E-state index in [1.54, 1.807) is 23.3 Å². The summed E-state index contributed by atoms with van der Waals surface area (Å²) in [5.74, 6) is -0.116. The molecule has 1 aromatic carbocycles. The van der Waals surface area contributed by atoms with E-state index >= 15 is 0 Å². The lowest BCUT2D eigenvalue weighted by molar-refractivity contribution is 0.0736. The normalized spacial score (nSPS) is 12.4. The standard InChI is InChI=1S/C20H21N5OS/c1-13-12-27-19(21-13)14(2)24(3)20(26)17-10-16(22-23-17)11-25-9-8-15-6-4-5-7-18(15)25/h4-10,12,14H,11H2,1-3H3,(H,22,23)/t14-/m1/s1. The molecule has 4 aromatic rings. The molecule has 3 aromatic heterocycles. The molecule has 1 atom stereocenters. The van der Waals surface area contributed by atoms with Gasteiger partial charge in [0.1, 0.15) is 10.7 Å². The number of carbonyl (C=O) groups excluding carboxylic acids is 1. The first-order chi connectivity index (χ1) is 13.0. The summed E-state index contributed by atoms with van der Waals surface area (Å²) >= 11 is 1.57. The largest absolute Gasteiger partial charge is 0.341 e. The van der Waals surface area contributed by atoms with Crippen LogP contribution in [0.4, 0.5) is 0 Å². The highest BCUT2D eigenvalue weighted by Crippen LogP contribution is 2.24. The zero-order chi connectivity index (χ0) is 19.0. The molecule has 1 amide bonds. The Kier molecular flexibility index (Phi) is 4.53. The Morgan fingerprint density at radius 2 is 2.15 bits per heavy atom. The van der Waals surface area contributed by atoms with Crippen LogP contribution in [0.3, 0.4) is 0 Å². The van der Waals surface area contributed by atoms with Gasteiger partial charge in [-0.15, -0.1) is 11.3 Å². The summed E-state index contributed by atoms with van der Waals surface area (Å²) in [6.45, 7) is 4.58. The summed E-state index contributed by atoms with van der Waals surface area (Å²) in [6.07, 6.45) is 2.05. The molecule has 0 unspecified atom stereocenters. The maximum Gasteiger partial charge on any atom is 0.274 e. The van der Waals surface area contributed by atoms with Gasteiger partial charge in [-0.25, -0.2) is 4.98 Å². The summed E-state index contributed by atoms with van der Waals surface area (Å²) in [4.78, 5) is 19.0. The zero-order valence-electron chi connectivity index (χ0n) is 15.5. The average molecular weight is 379 g/mol. The van der Waals surface area contributed by atoms with E-state index in [1.165, 1.54) is 5.39 Å². The Bertz CT molecular complexity index is 1090. The van der Waals surface area contributed by atoms with E-state index in [0.717, 1.165) is 21.9 Å². The molecule has 4 rings (SSSR count). The number of nitrogens with one attached hydrogen (secondary N) is 1. The Morgan fingerprint density at radius 1 is 1.33 bits per heavy atom. The molecule has 138 valence electrons. The van der Waals surface area contributed by atoms with Crippen molar-refractivity contribution in [2.75, 3.05) is 7.05 Å². The van der Waals surface area contributed by atoms with Gasteiger partial charge in [-0.3, -0.25) is 9.89 Å². The monoisotopic (exact) mass is 379 g/mol. The van der Waals surface area contributed by atoms with E-state index in [9.17, 15) is 4.79 Å². The number of benzene rings is 1. The van der Waals surface area contributed by atoms with E-state index in [1.807, 2.05) is 43.6 Å². The van der Waals surface area contributed by atoms with Gasteiger partial charge >= 0.3 is 0 Å². The topological polar surface area (TPSA) is 66.8 Å². The van der Waals surface area contributed by atoms with Crippen LogP contribution in [-0.4, -0.2) is 37.6 Å². The highest BCUT2D eigenvalue weighted by Gasteiger charge is 2.23. The predicted octanol–water partition coefficient (Wildman–Crippen LogP) is 4.01. The fourth-order valence-corrected chi connectivity index (χ4v) is 4.00. The Hall–Kier alpha value is -2.93. The van der Waals surface area contributed by atoms with Crippen LogP contribution < -0.4 is 0 Å². The van der Waals surface area contributed by atoms with Gasteiger partial charge in [-0.05, 0) is 37.4 Å². The quantitative estimate of drug-likeness (QED) is 0.570. The first-order valence-electron chi connectivity index (χ1n) is 8.80. The van der Waals surface area contributed by atoms with Crippen LogP contribution in [0.2, 0.25) is 0 Å². The van der Waals surface area contributed by atoms with Gasteiger partial charge < -0.3 is 9.47 Å². The van der Waals surface area contributed by atoms with Crippen LogP contribution in [0.5, 0.6) is 0 Å². The van der Waals surface area contributed by atoms with Gasteiger partial charge in [0.15, 0.2) is 0 Å². The number of carbonyl (C=O) groups is 1. The number of aryl methyl sites for hydroxylation is 1. The van der Waals surface area contributed by atoms with Gasteiger partial charge in [-0.1, -0.05) is 18.2 Å². The maximum atomic E-state index is 12.8. The molecule has 3 heterocycles. The Labute approximate surface area is 161 Å². The van der Waals surface area contributed by atoms with E-state index in [-0.39, 0.29) is 11.9 Å². The highest BCUT2D eigenvalue weighted by atomic mass is 32.1. The molecule has 0 aliphatic rings. The number of hydrogen-bond donors (Lipinski definition) is 1. The Morgan fingerprint density at radius 3 is 2.93 bits per heavy atom. The first-order valence-corrected chi connectivity index (χ1v) is 9.68. The molecule has 0 spiro atoms. The molecule has 0 aliphatic carbocycles. The van der Waals surface area contributed by atoms with Crippen molar-refractivity contribution in [3.8, 4) is 0 Å². The third kappa shape index (κ3) is 3.38. The first kappa shape index (κ1) is 17.5. The van der Waals surface area contributed by atoms with Crippen molar-refractivity contribution in [2.45, 2.75) is 26.4 Å². The van der Waals surface area contributed by atoms with E-state index < -0.39 is 0 Å². The third-order valence-corrected chi connectivity index (χ3v) is 5.90. The summed E-state index contributed by atoms with van der Waals surface area (Å²) in [5.41, 5.74) is 3.45. The predicted molar refractivity (Wildman–Crippen MR) is 107 cm³/mol. The second-order valence-corrected chi connectivity index (χ2v) is 7.59. The summed E-state index contributed by atoms with van der Waals surface area (Å²) in [6, 6.07) is 12.0. The fourth-order valence-electron chi connectivity index (χ4n) is 3.10. The SMILES string of the molecule is Cc1csc([C@@H](C)N(C)C(=O)c2cc(Cn3ccc4ccccc43)[nH]n2)n1. The van der Waals surface area contributed by atoms with Crippen molar-refractivity contribution in [3.05, 3.63) is 70.1 Å². The zero-order valence-corrected chi connectivity index (χ0v) is 16.3. The van der Waals surface area contributed by atoms with Crippen molar-refractivity contribution in [1.29, 1.82) is 0 Å². The van der Waals surface area contributed by atoms with Crippen LogP contribution in [0, 0.1) is 6.92 Å². The average Bonchev–Trinajstić information content (AvgIpc) is 3.41. The maximum absolute atomic E-state index is 12.8. The number of hydrogen-bond acceptors (Lipinski definition) is 4. The lowest BCUT2D eigenvalue weighted by Crippen LogP contribution is -2.29. The van der Waals surface area contributed by atoms with Crippen LogP contribution in [0.25, 0.3) is 10.9 Å². The number of H-pyrrole nitrogens is 1. The van der Waals surface area contributed by atoms with Gasteiger partial charge in [0, 0.05) is 29.8 Å². The molecule has 0 radical (unpaired) electrons. The molecule has 0 saturated carbocycles. The highest BCUT2D eigenvalue weighted by molar-refractivity contribution is 7.09. The molecular formula is C20H21N5OS. The van der Waals surface area contributed by atoms with Gasteiger partial charge in [0.05, 0.1) is 18.3 Å². The second kappa shape index (κ2) is 7.00. The Balaban J connectivity index is 1.50. The van der Waals surface area contributed by atoms with Crippen molar-refractivity contribution in [1.82, 2.24) is 24.6 Å². The van der Waals surface area contributed by atoms with Gasteiger partial charge in [0.25, 0.3) is 5.91 Å². The molecule has 6 nitrogen and oxygen atoms in total. The number of fused-ring (bicyclic) bond motifs is 1. The van der Waals surface area contributed by atoms with Crippen molar-refractivity contribution >= 4 is 28.1 Å². The third-order valence-electron chi connectivity index (χ3n) is 4.77. The van der Waals surface area contributed by atoms with Crippen molar-refractivity contribution in [3.63, 3.8) is 0 Å². The lowest BCUT2D eigenvalue weighted by Gasteiger charge is -2.22. The summed E-state index contributed by atoms with van der Waals surface area (Å²) in [7, 11) is 1.79. The van der Waals surface area contributed by atoms with Crippen molar-refractivity contribution in [2.24, 2.45) is 0 Å². The van der Waals surface area contributed by atoms with Crippen LogP contribution >= 0.6 is 11.3 Å². The lowest BCUT2D eigenvalue weighted by atomic mass is 10.2. The van der Waals surface area contributed by atoms with Gasteiger partial charge in [0.2, 0.25) is 0 Å². The minimum absolute atomic E-state index is 0.0928. The van der Waals surface area contributed by atoms with Crippen molar-refractivity contribution < 1.29 is 4.79 Å². The van der Waals surface area contributed by atoms with Crippen LogP contribution in [0.1, 0.15) is 39.8 Å². The number of aromatic nitrogens is 4. The van der Waals surface area contributed by atoms with E-state index in [2.05, 4.69) is 37.9 Å². The number of rotatable bonds is 5.